The second-order valence-electron chi connectivity index (χ2n) is 4.32. The first-order valence-corrected chi connectivity index (χ1v) is 5.22. The van der Waals surface area contributed by atoms with Gasteiger partial charge in [-0.2, -0.15) is 13.2 Å². The van der Waals surface area contributed by atoms with E-state index in [9.17, 15) is 13.2 Å². The van der Waals surface area contributed by atoms with Crippen LogP contribution in [0.3, 0.4) is 0 Å². The predicted octanol–water partition coefficient (Wildman–Crippen LogP) is 3.06. The summed E-state index contributed by atoms with van der Waals surface area (Å²) in [5.74, 6) is -1.12. The van der Waals surface area contributed by atoms with Crippen molar-refractivity contribution in [3.8, 4) is 0 Å². The fourth-order valence-corrected chi connectivity index (χ4v) is 1.91. The number of hydrogen-bond acceptors (Lipinski definition) is 1. The third kappa shape index (κ3) is 3.15. The van der Waals surface area contributed by atoms with Crippen LogP contribution in [0.5, 0.6) is 0 Å². The molecule has 1 unspecified atom stereocenters. The molecule has 0 amide bonds. The number of halogens is 3. The molecule has 1 aliphatic rings. The number of likely N-dealkylation sites (tertiary alicyclic amines) is 1. The lowest BCUT2D eigenvalue weighted by Gasteiger charge is -2.28. The molecule has 1 nitrogen and oxygen atoms in total. The van der Waals surface area contributed by atoms with Crippen molar-refractivity contribution in [2.75, 3.05) is 13.1 Å². The van der Waals surface area contributed by atoms with E-state index in [0.29, 0.717) is 12.8 Å². The smallest absolute Gasteiger partial charge is 0.300 e. The molecule has 1 heterocycles. The highest BCUT2D eigenvalue weighted by Gasteiger charge is 2.41. The van der Waals surface area contributed by atoms with Crippen LogP contribution in [-0.2, 0) is 0 Å². The van der Waals surface area contributed by atoms with Crippen molar-refractivity contribution in [1.29, 1.82) is 0 Å². The Morgan fingerprint density at radius 1 is 1.21 bits per heavy atom. The molecular weight excluding hydrogens is 191 g/mol. The van der Waals surface area contributed by atoms with E-state index in [1.165, 1.54) is 0 Å². The maximum Gasteiger partial charge on any atom is 0.393 e. The summed E-state index contributed by atoms with van der Waals surface area (Å²) in [6.07, 6.45) is -2.12. The Hall–Kier alpha value is -0.250. The van der Waals surface area contributed by atoms with Gasteiger partial charge in [-0.05, 0) is 33.2 Å². The quantitative estimate of drug-likeness (QED) is 0.641. The van der Waals surface area contributed by atoms with E-state index < -0.39 is 12.1 Å². The van der Waals surface area contributed by atoms with Gasteiger partial charge in [-0.25, -0.2) is 0 Å². The summed E-state index contributed by atoms with van der Waals surface area (Å²) in [6, 6.07) is 0.220. The van der Waals surface area contributed by atoms with Crippen LogP contribution >= 0.6 is 0 Å². The Kier molecular flexibility index (Phi) is 3.81. The maximum absolute atomic E-state index is 12.5. The van der Waals surface area contributed by atoms with E-state index in [1.807, 2.05) is 18.7 Å². The number of rotatable bonds is 1. The van der Waals surface area contributed by atoms with Crippen molar-refractivity contribution in [2.24, 2.45) is 5.92 Å². The van der Waals surface area contributed by atoms with Gasteiger partial charge in [-0.15, -0.1) is 0 Å². The maximum atomic E-state index is 12.5. The summed E-state index contributed by atoms with van der Waals surface area (Å²) in [5.41, 5.74) is 0. The summed E-state index contributed by atoms with van der Waals surface area (Å²) in [7, 11) is 0. The van der Waals surface area contributed by atoms with Crippen molar-refractivity contribution < 1.29 is 13.2 Å². The lowest BCUT2D eigenvalue weighted by Crippen LogP contribution is -2.39. The monoisotopic (exact) mass is 209 g/mol. The van der Waals surface area contributed by atoms with E-state index in [-0.39, 0.29) is 12.6 Å². The van der Waals surface area contributed by atoms with Crippen LogP contribution in [0.25, 0.3) is 0 Å². The molecule has 1 aliphatic heterocycles. The molecule has 0 bridgehead atoms. The zero-order valence-corrected chi connectivity index (χ0v) is 8.77. The fraction of sp³-hybridized carbons (Fsp3) is 1.00. The minimum atomic E-state index is -4.02. The predicted molar refractivity (Wildman–Crippen MR) is 50.1 cm³/mol. The Labute approximate surface area is 83.3 Å². The Balaban J connectivity index is 2.60. The highest BCUT2D eigenvalue weighted by atomic mass is 19.4. The molecule has 1 rings (SSSR count). The number of alkyl halides is 3. The van der Waals surface area contributed by atoms with Crippen molar-refractivity contribution in [3.05, 3.63) is 0 Å². The van der Waals surface area contributed by atoms with E-state index in [0.717, 1.165) is 13.0 Å². The SMILES string of the molecule is CC(C)N1CCCCC(C(F)(F)F)C1. The zero-order chi connectivity index (χ0) is 10.8. The van der Waals surface area contributed by atoms with Gasteiger partial charge in [0.25, 0.3) is 0 Å². The van der Waals surface area contributed by atoms with Crippen LogP contribution in [0.4, 0.5) is 13.2 Å². The Morgan fingerprint density at radius 3 is 2.36 bits per heavy atom. The molecule has 1 fully saturated rings. The van der Waals surface area contributed by atoms with Crippen LogP contribution in [0, 0.1) is 5.92 Å². The van der Waals surface area contributed by atoms with Crippen molar-refractivity contribution in [3.63, 3.8) is 0 Å². The molecule has 0 aromatic rings. The van der Waals surface area contributed by atoms with Gasteiger partial charge in [0.1, 0.15) is 0 Å². The molecule has 0 saturated carbocycles. The average Bonchev–Trinajstić information content (AvgIpc) is 2.26. The molecule has 0 aromatic heterocycles. The molecule has 0 N–H and O–H groups in total. The van der Waals surface area contributed by atoms with Crippen LogP contribution < -0.4 is 0 Å². The van der Waals surface area contributed by atoms with E-state index >= 15 is 0 Å². The van der Waals surface area contributed by atoms with Gasteiger partial charge in [0.2, 0.25) is 0 Å². The molecular formula is C10H18F3N. The minimum Gasteiger partial charge on any atom is -0.300 e. The van der Waals surface area contributed by atoms with Crippen molar-refractivity contribution in [1.82, 2.24) is 4.90 Å². The molecule has 84 valence electrons. The molecule has 14 heavy (non-hydrogen) atoms. The number of hydrogen-bond donors (Lipinski definition) is 0. The Bertz CT molecular complexity index is 177. The Morgan fingerprint density at radius 2 is 1.86 bits per heavy atom. The molecule has 1 saturated heterocycles. The van der Waals surface area contributed by atoms with E-state index in [1.54, 1.807) is 0 Å². The first kappa shape index (κ1) is 11.8. The third-order valence-electron chi connectivity index (χ3n) is 2.90. The van der Waals surface area contributed by atoms with E-state index in [2.05, 4.69) is 0 Å². The lowest BCUT2D eigenvalue weighted by molar-refractivity contribution is -0.180. The summed E-state index contributed by atoms with van der Waals surface area (Å²) in [4.78, 5) is 1.94. The second-order valence-corrected chi connectivity index (χ2v) is 4.32. The summed E-state index contributed by atoms with van der Waals surface area (Å²) >= 11 is 0. The third-order valence-corrected chi connectivity index (χ3v) is 2.90. The zero-order valence-electron chi connectivity index (χ0n) is 8.77. The average molecular weight is 209 g/mol. The fourth-order valence-electron chi connectivity index (χ4n) is 1.91. The summed E-state index contributed by atoms with van der Waals surface area (Å²) in [6.45, 7) is 4.91. The summed E-state index contributed by atoms with van der Waals surface area (Å²) in [5, 5.41) is 0. The first-order valence-electron chi connectivity index (χ1n) is 5.22. The van der Waals surface area contributed by atoms with Crippen molar-refractivity contribution >= 4 is 0 Å². The second kappa shape index (κ2) is 4.51. The molecule has 0 spiro atoms. The van der Waals surface area contributed by atoms with Gasteiger partial charge in [-0.1, -0.05) is 6.42 Å². The van der Waals surface area contributed by atoms with Crippen LogP contribution in [0.2, 0.25) is 0 Å². The van der Waals surface area contributed by atoms with E-state index in [4.69, 9.17) is 0 Å². The van der Waals surface area contributed by atoms with Gasteiger partial charge in [0, 0.05) is 12.6 Å². The highest BCUT2D eigenvalue weighted by Crippen LogP contribution is 2.33. The van der Waals surface area contributed by atoms with Gasteiger partial charge in [0.05, 0.1) is 5.92 Å². The highest BCUT2D eigenvalue weighted by molar-refractivity contribution is 4.77. The molecule has 4 heteroatoms. The summed E-state index contributed by atoms with van der Waals surface area (Å²) < 4.78 is 37.6. The standard InChI is InChI=1S/C10H18F3N/c1-8(2)14-6-4-3-5-9(7-14)10(11,12)13/h8-9H,3-7H2,1-2H3. The molecule has 1 atom stereocenters. The number of nitrogens with zero attached hydrogens (tertiary/aromatic N) is 1. The van der Waals surface area contributed by atoms with Gasteiger partial charge in [0.15, 0.2) is 0 Å². The minimum absolute atomic E-state index is 0.182. The van der Waals surface area contributed by atoms with Crippen LogP contribution in [0.15, 0.2) is 0 Å². The van der Waals surface area contributed by atoms with Gasteiger partial charge < -0.3 is 4.90 Å². The van der Waals surface area contributed by atoms with Gasteiger partial charge >= 0.3 is 6.18 Å². The first-order chi connectivity index (χ1) is 6.41. The van der Waals surface area contributed by atoms with Crippen LogP contribution in [0.1, 0.15) is 33.1 Å². The normalized spacial score (nSPS) is 26.6. The molecule has 0 aromatic carbocycles. The topological polar surface area (TPSA) is 3.24 Å². The molecule has 0 aliphatic carbocycles. The van der Waals surface area contributed by atoms with Crippen molar-refractivity contribution in [2.45, 2.75) is 45.3 Å². The van der Waals surface area contributed by atoms with Crippen LogP contribution in [-0.4, -0.2) is 30.2 Å². The lowest BCUT2D eigenvalue weighted by atomic mass is 10.0. The molecule has 0 radical (unpaired) electrons. The largest absolute Gasteiger partial charge is 0.393 e. The van der Waals surface area contributed by atoms with Gasteiger partial charge in [-0.3, -0.25) is 0 Å².